The maximum absolute atomic E-state index is 13.9. The highest BCUT2D eigenvalue weighted by molar-refractivity contribution is 9.10. The van der Waals surface area contributed by atoms with Gasteiger partial charge in [0.1, 0.15) is 11.6 Å². The third kappa shape index (κ3) is 4.27. The number of likely N-dealkylation sites (tertiary alicyclic amines) is 1. The number of rotatable bonds is 3. The summed E-state index contributed by atoms with van der Waals surface area (Å²) in [6.45, 7) is 0.785. The minimum atomic E-state index is -0.525. The van der Waals surface area contributed by atoms with Gasteiger partial charge < -0.3 is 10.2 Å². The average Bonchev–Trinajstić information content (AvgIpc) is 2.64. The minimum absolute atomic E-state index is 0.111. The molecule has 7 heteroatoms. The molecule has 0 spiro atoms. The highest BCUT2D eigenvalue weighted by atomic mass is 79.9. The lowest BCUT2D eigenvalue weighted by molar-refractivity contribution is -0.121. The van der Waals surface area contributed by atoms with E-state index in [0.29, 0.717) is 29.4 Å². The molecule has 0 radical (unpaired) electrons. The lowest BCUT2D eigenvalue weighted by Crippen LogP contribution is -2.43. The van der Waals surface area contributed by atoms with Crippen LogP contribution in [0.4, 0.5) is 14.5 Å². The Morgan fingerprint density at radius 2 is 1.85 bits per heavy atom. The Hall–Kier alpha value is -2.28. The van der Waals surface area contributed by atoms with Gasteiger partial charge in [-0.1, -0.05) is 15.9 Å². The zero-order valence-electron chi connectivity index (χ0n) is 13.8. The van der Waals surface area contributed by atoms with Gasteiger partial charge in [-0.2, -0.15) is 0 Å². The molecule has 0 aliphatic carbocycles. The van der Waals surface area contributed by atoms with Crippen molar-refractivity contribution >= 4 is 33.4 Å². The number of amides is 2. The maximum atomic E-state index is 13.9. The van der Waals surface area contributed by atoms with Crippen LogP contribution in [0.5, 0.6) is 0 Å². The van der Waals surface area contributed by atoms with Crippen molar-refractivity contribution in [1.82, 2.24) is 4.90 Å². The molecule has 4 nitrogen and oxygen atoms in total. The molecule has 3 rings (SSSR count). The fourth-order valence-electron chi connectivity index (χ4n) is 2.98. The third-order valence-corrected chi connectivity index (χ3v) is 4.85. The van der Waals surface area contributed by atoms with Gasteiger partial charge in [0.25, 0.3) is 5.91 Å². The standard InChI is InChI=1S/C19H17BrF2N2O2/c20-14-5-8-17(16(22)10-14)23-18(25)13-2-1-9-24(11-13)19(26)12-3-6-15(21)7-4-12/h3-8,10,13H,1-2,9,11H2,(H,23,25). The molecule has 1 atom stereocenters. The van der Waals surface area contributed by atoms with Crippen molar-refractivity contribution < 1.29 is 18.4 Å². The lowest BCUT2D eigenvalue weighted by atomic mass is 9.96. The Bertz CT molecular complexity index is 827. The SMILES string of the molecule is O=C(Nc1ccc(Br)cc1F)C1CCCN(C(=O)c2ccc(F)cc2)C1. The molecule has 1 fully saturated rings. The van der Waals surface area contributed by atoms with Gasteiger partial charge in [-0.05, 0) is 55.3 Å². The van der Waals surface area contributed by atoms with Crippen LogP contribution in [-0.4, -0.2) is 29.8 Å². The number of carbonyl (C=O) groups is 2. The van der Waals surface area contributed by atoms with Gasteiger partial charge >= 0.3 is 0 Å². The van der Waals surface area contributed by atoms with E-state index in [1.165, 1.54) is 36.4 Å². The molecule has 0 saturated carbocycles. The molecule has 1 aliphatic heterocycles. The van der Waals surface area contributed by atoms with Crippen LogP contribution in [0.25, 0.3) is 0 Å². The van der Waals surface area contributed by atoms with E-state index in [1.54, 1.807) is 11.0 Å². The number of halogens is 3. The van der Waals surface area contributed by atoms with Gasteiger partial charge in [0.05, 0.1) is 11.6 Å². The molecule has 2 aromatic rings. The van der Waals surface area contributed by atoms with Crippen molar-refractivity contribution in [1.29, 1.82) is 0 Å². The van der Waals surface area contributed by atoms with Crippen molar-refractivity contribution in [3.05, 3.63) is 64.1 Å². The molecular formula is C19H17BrF2N2O2. The predicted molar refractivity (Wildman–Crippen MR) is 97.8 cm³/mol. The summed E-state index contributed by atoms with van der Waals surface area (Å²) < 4.78 is 27.5. The van der Waals surface area contributed by atoms with Crippen LogP contribution in [0, 0.1) is 17.6 Å². The molecular weight excluding hydrogens is 406 g/mol. The summed E-state index contributed by atoms with van der Waals surface area (Å²) in [7, 11) is 0. The number of piperidine rings is 1. The second kappa shape index (κ2) is 7.95. The van der Waals surface area contributed by atoms with Crippen molar-refractivity contribution in [2.24, 2.45) is 5.92 Å². The summed E-state index contributed by atoms with van der Waals surface area (Å²) in [4.78, 5) is 26.6. The van der Waals surface area contributed by atoms with E-state index < -0.39 is 17.6 Å². The van der Waals surface area contributed by atoms with Crippen molar-refractivity contribution in [3.8, 4) is 0 Å². The second-order valence-electron chi connectivity index (χ2n) is 6.21. The molecule has 0 bridgehead atoms. The van der Waals surface area contributed by atoms with Crippen LogP contribution in [0.2, 0.25) is 0 Å². The van der Waals surface area contributed by atoms with E-state index in [9.17, 15) is 18.4 Å². The van der Waals surface area contributed by atoms with E-state index >= 15 is 0 Å². The normalized spacial score (nSPS) is 17.0. The number of hydrogen-bond donors (Lipinski definition) is 1. The lowest BCUT2D eigenvalue weighted by Gasteiger charge is -2.32. The van der Waals surface area contributed by atoms with Crippen LogP contribution in [0.1, 0.15) is 23.2 Å². The molecule has 1 N–H and O–H groups in total. The summed E-state index contributed by atoms with van der Waals surface area (Å²) in [6.07, 6.45) is 1.30. The molecule has 1 heterocycles. The summed E-state index contributed by atoms with van der Waals surface area (Å²) in [5.74, 6) is -1.91. The predicted octanol–water partition coefficient (Wildman–Crippen LogP) is 4.22. The first-order chi connectivity index (χ1) is 12.4. The first-order valence-corrected chi connectivity index (χ1v) is 9.04. The molecule has 26 heavy (non-hydrogen) atoms. The largest absolute Gasteiger partial charge is 0.338 e. The van der Waals surface area contributed by atoms with Crippen LogP contribution in [0.15, 0.2) is 46.9 Å². The Morgan fingerprint density at radius 3 is 2.54 bits per heavy atom. The number of hydrogen-bond acceptors (Lipinski definition) is 2. The monoisotopic (exact) mass is 422 g/mol. The average molecular weight is 423 g/mol. The van der Waals surface area contributed by atoms with Crippen molar-refractivity contribution in [2.75, 3.05) is 18.4 Å². The topological polar surface area (TPSA) is 49.4 Å². The highest BCUT2D eigenvalue weighted by Gasteiger charge is 2.29. The summed E-state index contributed by atoms with van der Waals surface area (Å²) >= 11 is 3.17. The van der Waals surface area contributed by atoms with Crippen LogP contribution >= 0.6 is 15.9 Å². The second-order valence-corrected chi connectivity index (χ2v) is 7.13. The Labute approximate surface area is 158 Å². The van der Waals surface area contributed by atoms with Gasteiger partial charge in [0, 0.05) is 23.1 Å². The number of anilines is 1. The van der Waals surface area contributed by atoms with Crippen molar-refractivity contribution in [2.45, 2.75) is 12.8 Å². The Morgan fingerprint density at radius 1 is 1.12 bits per heavy atom. The number of nitrogens with one attached hydrogen (secondary N) is 1. The van der Waals surface area contributed by atoms with Crippen LogP contribution in [0.3, 0.4) is 0 Å². The molecule has 2 aromatic carbocycles. The molecule has 1 aliphatic rings. The summed E-state index contributed by atoms with van der Waals surface area (Å²) in [5.41, 5.74) is 0.492. The highest BCUT2D eigenvalue weighted by Crippen LogP contribution is 2.23. The first kappa shape index (κ1) is 18.5. The number of nitrogens with zero attached hydrogens (tertiary/aromatic N) is 1. The Balaban J connectivity index is 1.66. The van der Waals surface area contributed by atoms with Gasteiger partial charge in [-0.25, -0.2) is 8.78 Å². The van der Waals surface area contributed by atoms with E-state index in [-0.39, 0.29) is 24.0 Å². The third-order valence-electron chi connectivity index (χ3n) is 4.36. The van der Waals surface area contributed by atoms with Gasteiger partial charge in [-0.15, -0.1) is 0 Å². The fourth-order valence-corrected chi connectivity index (χ4v) is 3.31. The Kier molecular flexibility index (Phi) is 5.66. The first-order valence-electron chi connectivity index (χ1n) is 8.25. The molecule has 136 valence electrons. The van der Waals surface area contributed by atoms with Gasteiger partial charge in [0.15, 0.2) is 0 Å². The van der Waals surface area contributed by atoms with E-state index in [4.69, 9.17) is 0 Å². The summed E-state index contributed by atoms with van der Waals surface area (Å²) in [6, 6.07) is 9.73. The molecule has 1 unspecified atom stereocenters. The van der Waals surface area contributed by atoms with Gasteiger partial charge in [0.2, 0.25) is 5.91 Å². The fraction of sp³-hybridized carbons (Fsp3) is 0.263. The van der Waals surface area contributed by atoms with E-state index in [0.717, 1.165) is 0 Å². The van der Waals surface area contributed by atoms with Gasteiger partial charge in [-0.3, -0.25) is 9.59 Å². The maximum Gasteiger partial charge on any atom is 0.253 e. The zero-order valence-corrected chi connectivity index (χ0v) is 15.4. The number of carbonyl (C=O) groups excluding carboxylic acids is 2. The van der Waals surface area contributed by atoms with Crippen LogP contribution < -0.4 is 5.32 Å². The summed E-state index contributed by atoms with van der Waals surface area (Å²) in [5, 5.41) is 2.59. The van der Waals surface area contributed by atoms with Crippen LogP contribution in [-0.2, 0) is 4.79 Å². The van der Waals surface area contributed by atoms with E-state index in [2.05, 4.69) is 21.2 Å². The minimum Gasteiger partial charge on any atom is -0.338 e. The van der Waals surface area contributed by atoms with E-state index in [1.807, 2.05) is 0 Å². The van der Waals surface area contributed by atoms with Crippen molar-refractivity contribution in [3.63, 3.8) is 0 Å². The molecule has 0 aromatic heterocycles. The number of benzene rings is 2. The molecule has 2 amide bonds. The quantitative estimate of drug-likeness (QED) is 0.804. The zero-order chi connectivity index (χ0) is 18.7. The molecule has 1 saturated heterocycles. The smallest absolute Gasteiger partial charge is 0.253 e.